The second-order valence-electron chi connectivity index (χ2n) is 4.18. The lowest BCUT2D eigenvalue weighted by Gasteiger charge is -2.19. The van der Waals surface area contributed by atoms with E-state index in [2.05, 4.69) is 10.3 Å². The Morgan fingerprint density at radius 2 is 2.12 bits per heavy atom. The number of carbonyl (C=O) groups is 1. The number of fused-ring (bicyclic) bond motifs is 1. The normalized spacial score (nSPS) is 14.7. The number of para-hydroxylation sites is 1. The van der Waals surface area contributed by atoms with Crippen molar-refractivity contribution in [1.29, 1.82) is 0 Å². The molecule has 90 valence electrons. The van der Waals surface area contributed by atoms with E-state index in [1.165, 1.54) is 0 Å². The number of hydrogen-bond acceptors (Lipinski definition) is 2. The zero-order chi connectivity index (χ0) is 12.4. The number of hydrogen-bond donors (Lipinski definition) is 3. The van der Waals surface area contributed by atoms with Gasteiger partial charge in [-0.25, -0.2) is 0 Å². The summed E-state index contributed by atoms with van der Waals surface area (Å²) in [5, 5.41) is 13.3. The van der Waals surface area contributed by atoms with Crippen LogP contribution in [0.15, 0.2) is 30.5 Å². The van der Waals surface area contributed by atoms with Crippen molar-refractivity contribution in [2.24, 2.45) is 5.92 Å². The fraction of sp³-hybridized carbons (Fsp3) is 0.308. The van der Waals surface area contributed by atoms with E-state index in [4.69, 9.17) is 5.11 Å². The average molecular weight is 232 g/mol. The second kappa shape index (κ2) is 4.59. The predicted molar refractivity (Wildman–Crippen MR) is 66.9 cm³/mol. The van der Waals surface area contributed by atoms with Crippen LogP contribution in [-0.2, 0) is 4.79 Å². The third-order valence-corrected chi connectivity index (χ3v) is 3.16. The second-order valence-corrected chi connectivity index (χ2v) is 4.18. The molecule has 0 amide bonds. The van der Waals surface area contributed by atoms with Crippen LogP contribution in [0.4, 0.5) is 0 Å². The molecule has 17 heavy (non-hydrogen) atoms. The van der Waals surface area contributed by atoms with Gasteiger partial charge in [0.15, 0.2) is 0 Å². The Morgan fingerprint density at radius 1 is 1.41 bits per heavy atom. The molecule has 4 heteroatoms. The number of aromatic amines is 1. The summed E-state index contributed by atoms with van der Waals surface area (Å²) in [4.78, 5) is 14.2. The predicted octanol–water partition coefficient (Wildman–Crippen LogP) is 2.15. The first-order valence-electron chi connectivity index (χ1n) is 5.61. The molecule has 0 fully saturated rings. The van der Waals surface area contributed by atoms with E-state index in [0.717, 1.165) is 16.5 Å². The number of aliphatic carboxylic acids is 1. The zero-order valence-corrected chi connectivity index (χ0v) is 9.90. The third-order valence-electron chi connectivity index (χ3n) is 3.16. The number of benzene rings is 1. The smallest absolute Gasteiger partial charge is 0.308 e. The standard InChI is InChI=1S/C13H16N2O2/c1-8(13(16)17)12(14-2)10-7-15-11-6-4-3-5-9(10)11/h3-8,12,14-15H,1-2H3,(H,16,17). The molecule has 1 heterocycles. The number of carboxylic acids is 1. The lowest BCUT2D eigenvalue weighted by atomic mass is 9.94. The molecule has 4 nitrogen and oxygen atoms in total. The van der Waals surface area contributed by atoms with Crippen molar-refractivity contribution >= 4 is 16.9 Å². The highest BCUT2D eigenvalue weighted by Gasteiger charge is 2.25. The van der Waals surface area contributed by atoms with Gasteiger partial charge in [-0.15, -0.1) is 0 Å². The molecular weight excluding hydrogens is 216 g/mol. The topological polar surface area (TPSA) is 65.1 Å². The fourth-order valence-electron chi connectivity index (χ4n) is 2.17. The summed E-state index contributed by atoms with van der Waals surface area (Å²) in [6, 6.07) is 7.70. The Hall–Kier alpha value is -1.81. The zero-order valence-electron chi connectivity index (χ0n) is 9.90. The molecule has 0 bridgehead atoms. The number of rotatable bonds is 4. The molecule has 0 saturated heterocycles. The molecule has 0 aliphatic carbocycles. The Balaban J connectivity index is 2.47. The van der Waals surface area contributed by atoms with E-state index in [-0.39, 0.29) is 6.04 Å². The number of aromatic nitrogens is 1. The molecular formula is C13H16N2O2. The quantitative estimate of drug-likeness (QED) is 0.756. The van der Waals surface area contributed by atoms with Crippen molar-refractivity contribution in [2.75, 3.05) is 7.05 Å². The first-order chi connectivity index (χ1) is 8.15. The van der Waals surface area contributed by atoms with Gasteiger partial charge in [0, 0.05) is 23.1 Å². The largest absolute Gasteiger partial charge is 0.481 e. The van der Waals surface area contributed by atoms with Crippen LogP contribution < -0.4 is 5.32 Å². The van der Waals surface area contributed by atoms with Gasteiger partial charge in [0.2, 0.25) is 0 Å². The first-order valence-corrected chi connectivity index (χ1v) is 5.61. The van der Waals surface area contributed by atoms with Crippen molar-refractivity contribution < 1.29 is 9.90 Å². The van der Waals surface area contributed by atoms with E-state index in [9.17, 15) is 4.79 Å². The average Bonchev–Trinajstić information content (AvgIpc) is 2.74. The fourth-order valence-corrected chi connectivity index (χ4v) is 2.17. The SMILES string of the molecule is CNC(c1c[nH]c2ccccc12)C(C)C(=O)O. The van der Waals surface area contributed by atoms with Gasteiger partial charge in [-0.2, -0.15) is 0 Å². The Labute approximate surface area is 99.7 Å². The van der Waals surface area contributed by atoms with Crippen molar-refractivity contribution in [3.8, 4) is 0 Å². The maximum absolute atomic E-state index is 11.1. The van der Waals surface area contributed by atoms with Gasteiger partial charge in [-0.1, -0.05) is 25.1 Å². The van der Waals surface area contributed by atoms with E-state index in [0.29, 0.717) is 0 Å². The molecule has 2 unspecified atom stereocenters. The maximum atomic E-state index is 11.1. The molecule has 0 aliphatic rings. The number of H-pyrrole nitrogens is 1. The summed E-state index contributed by atoms with van der Waals surface area (Å²) >= 11 is 0. The van der Waals surface area contributed by atoms with E-state index >= 15 is 0 Å². The molecule has 3 N–H and O–H groups in total. The molecule has 0 saturated carbocycles. The molecule has 2 rings (SSSR count). The highest BCUT2D eigenvalue weighted by molar-refractivity contribution is 5.84. The van der Waals surface area contributed by atoms with Gasteiger partial charge >= 0.3 is 5.97 Å². The molecule has 1 aromatic heterocycles. The maximum Gasteiger partial charge on any atom is 0.308 e. The Morgan fingerprint density at radius 3 is 2.76 bits per heavy atom. The minimum Gasteiger partial charge on any atom is -0.481 e. The first kappa shape index (κ1) is 11.7. The molecule has 0 aliphatic heterocycles. The van der Waals surface area contributed by atoms with Crippen molar-refractivity contribution in [3.63, 3.8) is 0 Å². The van der Waals surface area contributed by atoms with Crippen LogP contribution in [0.1, 0.15) is 18.5 Å². The highest BCUT2D eigenvalue weighted by Crippen LogP contribution is 2.28. The van der Waals surface area contributed by atoms with Crippen LogP contribution in [0.25, 0.3) is 10.9 Å². The highest BCUT2D eigenvalue weighted by atomic mass is 16.4. The van der Waals surface area contributed by atoms with Gasteiger partial charge in [-0.05, 0) is 18.7 Å². The third kappa shape index (κ3) is 2.03. The van der Waals surface area contributed by atoms with Crippen molar-refractivity contribution in [1.82, 2.24) is 10.3 Å². The summed E-state index contributed by atoms with van der Waals surface area (Å²) in [6.45, 7) is 1.71. The van der Waals surface area contributed by atoms with Crippen LogP contribution >= 0.6 is 0 Å². The minimum absolute atomic E-state index is 0.191. The lowest BCUT2D eigenvalue weighted by Crippen LogP contribution is -2.28. The van der Waals surface area contributed by atoms with Crippen LogP contribution in [-0.4, -0.2) is 23.1 Å². The molecule has 2 atom stereocenters. The van der Waals surface area contributed by atoms with Gasteiger partial charge in [-0.3, -0.25) is 4.79 Å². The van der Waals surface area contributed by atoms with Gasteiger partial charge in [0.25, 0.3) is 0 Å². The van der Waals surface area contributed by atoms with E-state index in [1.54, 1.807) is 14.0 Å². The molecule has 0 radical (unpaired) electrons. The van der Waals surface area contributed by atoms with Crippen LogP contribution in [0, 0.1) is 5.92 Å². The van der Waals surface area contributed by atoms with E-state index in [1.807, 2.05) is 30.5 Å². The number of carboxylic acid groups (broad SMARTS) is 1. The Kier molecular flexibility index (Phi) is 3.15. The summed E-state index contributed by atoms with van der Waals surface area (Å²) in [5.74, 6) is -1.27. The summed E-state index contributed by atoms with van der Waals surface area (Å²) < 4.78 is 0. The summed E-state index contributed by atoms with van der Waals surface area (Å²) in [6.07, 6.45) is 1.88. The monoisotopic (exact) mass is 232 g/mol. The number of nitrogens with one attached hydrogen (secondary N) is 2. The Bertz CT molecular complexity index is 533. The van der Waals surface area contributed by atoms with Crippen LogP contribution in [0.2, 0.25) is 0 Å². The van der Waals surface area contributed by atoms with Crippen LogP contribution in [0.5, 0.6) is 0 Å². The van der Waals surface area contributed by atoms with Gasteiger partial charge in [0.1, 0.15) is 0 Å². The molecule has 0 spiro atoms. The van der Waals surface area contributed by atoms with Gasteiger partial charge in [0.05, 0.1) is 5.92 Å². The molecule has 2 aromatic rings. The van der Waals surface area contributed by atoms with Crippen LogP contribution in [0.3, 0.4) is 0 Å². The lowest BCUT2D eigenvalue weighted by molar-refractivity contribution is -0.142. The van der Waals surface area contributed by atoms with E-state index < -0.39 is 11.9 Å². The summed E-state index contributed by atoms with van der Waals surface area (Å²) in [5.41, 5.74) is 2.03. The van der Waals surface area contributed by atoms with Gasteiger partial charge < -0.3 is 15.4 Å². The van der Waals surface area contributed by atoms with Crippen molar-refractivity contribution in [2.45, 2.75) is 13.0 Å². The summed E-state index contributed by atoms with van der Waals surface area (Å²) in [7, 11) is 1.78. The molecule has 1 aromatic carbocycles. The van der Waals surface area contributed by atoms with Crippen molar-refractivity contribution in [3.05, 3.63) is 36.0 Å². The minimum atomic E-state index is -0.797.